The van der Waals surface area contributed by atoms with E-state index in [0.29, 0.717) is 17.0 Å². The molecular weight excluding hydrogens is 316 g/mol. The summed E-state index contributed by atoms with van der Waals surface area (Å²) in [4.78, 5) is 11.9. The van der Waals surface area contributed by atoms with Gasteiger partial charge in [-0.05, 0) is 42.0 Å². The topological polar surface area (TPSA) is 70.9 Å². The van der Waals surface area contributed by atoms with Crippen molar-refractivity contribution in [2.75, 3.05) is 6.61 Å². The number of phenolic OH excluding ortho intramolecular Hbond substituents is 1. The molecule has 0 aromatic heterocycles. The van der Waals surface area contributed by atoms with Crippen molar-refractivity contribution in [2.45, 2.75) is 6.92 Å². The van der Waals surface area contributed by atoms with Gasteiger partial charge in [-0.2, -0.15) is 5.10 Å². The van der Waals surface area contributed by atoms with Crippen LogP contribution >= 0.6 is 0 Å². The van der Waals surface area contributed by atoms with Crippen LogP contribution in [0.25, 0.3) is 10.8 Å². The molecule has 2 N–H and O–H groups in total. The zero-order valence-corrected chi connectivity index (χ0v) is 13.8. The molecule has 0 aliphatic rings. The van der Waals surface area contributed by atoms with Gasteiger partial charge in [-0.15, -0.1) is 0 Å². The highest BCUT2D eigenvalue weighted by molar-refractivity contribution is 6.01. The lowest BCUT2D eigenvalue weighted by Crippen LogP contribution is -2.25. The van der Waals surface area contributed by atoms with Crippen molar-refractivity contribution in [1.29, 1.82) is 0 Å². The maximum atomic E-state index is 11.9. The fourth-order valence-corrected chi connectivity index (χ4v) is 2.42. The van der Waals surface area contributed by atoms with E-state index in [9.17, 15) is 9.90 Å². The number of carbonyl (C=O) groups is 1. The van der Waals surface area contributed by atoms with Gasteiger partial charge in [0, 0.05) is 5.56 Å². The van der Waals surface area contributed by atoms with E-state index in [1.54, 1.807) is 31.2 Å². The number of nitrogens with one attached hydrogen (secondary N) is 1. The fraction of sp³-hybridized carbons (Fsp3) is 0.100. The number of benzene rings is 3. The molecule has 0 saturated heterocycles. The minimum Gasteiger partial charge on any atom is -0.507 e. The normalized spacial score (nSPS) is 11.3. The number of amides is 1. The van der Waals surface area contributed by atoms with Crippen LogP contribution in [0.2, 0.25) is 0 Å². The standard InChI is InChI=1S/C20H18N2O3/c1-14(18-8-4-5-9-19(18)23)21-22-20(24)13-25-17-11-10-15-6-2-3-7-16(15)12-17/h2-12,23H,13H2,1H3,(H,22,24). The van der Waals surface area contributed by atoms with Gasteiger partial charge in [-0.3, -0.25) is 4.79 Å². The van der Waals surface area contributed by atoms with Crippen LogP contribution in [0.1, 0.15) is 12.5 Å². The van der Waals surface area contributed by atoms with Crippen LogP contribution in [0, 0.1) is 0 Å². The molecule has 5 nitrogen and oxygen atoms in total. The second-order valence-electron chi connectivity index (χ2n) is 5.55. The average Bonchev–Trinajstić information content (AvgIpc) is 2.64. The van der Waals surface area contributed by atoms with E-state index < -0.39 is 0 Å². The molecule has 0 fully saturated rings. The van der Waals surface area contributed by atoms with E-state index in [1.165, 1.54) is 0 Å². The Bertz CT molecular complexity index is 935. The molecule has 0 heterocycles. The number of phenols is 1. The highest BCUT2D eigenvalue weighted by Gasteiger charge is 2.06. The summed E-state index contributed by atoms with van der Waals surface area (Å²) in [7, 11) is 0. The number of fused-ring (bicyclic) bond motifs is 1. The highest BCUT2D eigenvalue weighted by Crippen LogP contribution is 2.20. The lowest BCUT2D eigenvalue weighted by molar-refractivity contribution is -0.123. The van der Waals surface area contributed by atoms with Crippen molar-refractivity contribution in [3.63, 3.8) is 0 Å². The maximum Gasteiger partial charge on any atom is 0.277 e. The third kappa shape index (κ3) is 4.14. The first-order chi connectivity index (χ1) is 12.1. The smallest absolute Gasteiger partial charge is 0.277 e. The van der Waals surface area contributed by atoms with Crippen molar-refractivity contribution in [3.05, 3.63) is 72.3 Å². The summed E-state index contributed by atoms with van der Waals surface area (Å²) in [5.41, 5.74) is 3.51. The fourth-order valence-electron chi connectivity index (χ4n) is 2.42. The number of aromatic hydroxyl groups is 1. The predicted octanol–water partition coefficient (Wildman–Crippen LogP) is 3.46. The maximum absolute atomic E-state index is 11.9. The number of hydrazone groups is 1. The number of hydrogen-bond donors (Lipinski definition) is 2. The van der Waals surface area contributed by atoms with E-state index >= 15 is 0 Å². The Balaban J connectivity index is 1.59. The summed E-state index contributed by atoms with van der Waals surface area (Å²) in [5, 5.41) is 15.9. The number of hydrogen-bond acceptors (Lipinski definition) is 4. The largest absolute Gasteiger partial charge is 0.507 e. The number of nitrogens with zero attached hydrogens (tertiary/aromatic N) is 1. The Kier molecular flexibility index (Phi) is 4.95. The molecule has 0 aliphatic heterocycles. The first kappa shape index (κ1) is 16.5. The van der Waals surface area contributed by atoms with Gasteiger partial charge in [-0.1, -0.05) is 42.5 Å². The van der Waals surface area contributed by atoms with E-state index in [0.717, 1.165) is 10.8 Å². The van der Waals surface area contributed by atoms with Crippen LogP contribution in [-0.2, 0) is 4.79 Å². The summed E-state index contributed by atoms with van der Waals surface area (Å²) in [6.45, 7) is 1.56. The average molecular weight is 334 g/mol. The molecule has 3 rings (SSSR count). The van der Waals surface area contributed by atoms with Crippen LogP contribution in [0.5, 0.6) is 11.5 Å². The summed E-state index contributed by atoms with van der Waals surface area (Å²) in [6, 6.07) is 20.4. The molecule has 0 unspecified atom stereocenters. The van der Waals surface area contributed by atoms with E-state index in [2.05, 4.69) is 10.5 Å². The Hall–Kier alpha value is -3.34. The van der Waals surface area contributed by atoms with Crippen LogP contribution in [0.3, 0.4) is 0 Å². The van der Waals surface area contributed by atoms with Crippen LogP contribution in [0.4, 0.5) is 0 Å². The van der Waals surface area contributed by atoms with Crippen LogP contribution in [0.15, 0.2) is 71.8 Å². The van der Waals surface area contributed by atoms with Crippen molar-refractivity contribution >= 4 is 22.4 Å². The van der Waals surface area contributed by atoms with Gasteiger partial charge in [0.2, 0.25) is 0 Å². The molecular formula is C20H18N2O3. The summed E-state index contributed by atoms with van der Waals surface area (Å²) in [6.07, 6.45) is 0. The molecule has 3 aromatic rings. The van der Waals surface area contributed by atoms with Gasteiger partial charge >= 0.3 is 0 Å². The van der Waals surface area contributed by atoms with Gasteiger partial charge in [0.1, 0.15) is 11.5 Å². The molecule has 0 saturated carbocycles. The number of ether oxygens (including phenoxy) is 1. The zero-order chi connectivity index (χ0) is 17.6. The van der Waals surface area contributed by atoms with Crippen molar-refractivity contribution in [1.82, 2.24) is 5.43 Å². The number of carbonyl (C=O) groups excluding carboxylic acids is 1. The Morgan fingerprint density at radius 3 is 2.56 bits per heavy atom. The molecule has 0 spiro atoms. The van der Waals surface area contributed by atoms with Gasteiger partial charge in [0.15, 0.2) is 6.61 Å². The molecule has 126 valence electrons. The second-order valence-corrected chi connectivity index (χ2v) is 5.55. The minimum absolute atomic E-state index is 0.116. The van der Waals surface area contributed by atoms with Crippen molar-refractivity contribution in [3.8, 4) is 11.5 Å². The first-order valence-electron chi connectivity index (χ1n) is 7.86. The summed E-state index contributed by atoms with van der Waals surface area (Å²) < 4.78 is 5.51. The predicted molar refractivity (Wildman–Crippen MR) is 97.9 cm³/mol. The van der Waals surface area contributed by atoms with Crippen molar-refractivity contribution in [2.24, 2.45) is 5.10 Å². The van der Waals surface area contributed by atoms with Gasteiger partial charge in [0.05, 0.1) is 5.71 Å². The minimum atomic E-state index is -0.372. The number of rotatable bonds is 5. The van der Waals surface area contributed by atoms with Crippen LogP contribution < -0.4 is 10.2 Å². The van der Waals surface area contributed by atoms with Crippen molar-refractivity contribution < 1.29 is 14.6 Å². The lowest BCUT2D eigenvalue weighted by atomic mass is 10.1. The zero-order valence-electron chi connectivity index (χ0n) is 13.8. The van der Waals surface area contributed by atoms with Crippen LogP contribution in [-0.4, -0.2) is 23.3 Å². The molecule has 0 bridgehead atoms. The van der Waals surface area contributed by atoms with E-state index in [4.69, 9.17) is 4.74 Å². The molecule has 0 radical (unpaired) electrons. The van der Waals surface area contributed by atoms with Gasteiger partial charge < -0.3 is 9.84 Å². The Morgan fingerprint density at radius 2 is 1.76 bits per heavy atom. The Morgan fingerprint density at radius 1 is 1.04 bits per heavy atom. The Labute approximate surface area is 145 Å². The third-order valence-corrected chi connectivity index (χ3v) is 3.73. The summed E-state index contributed by atoms with van der Waals surface area (Å²) in [5.74, 6) is 0.364. The molecule has 5 heteroatoms. The summed E-state index contributed by atoms with van der Waals surface area (Å²) >= 11 is 0. The van der Waals surface area contributed by atoms with E-state index in [-0.39, 0.29) is 18.3 Å². The molecule has 25 heavy (non-hydrogen) atoms. The quantitative estimate of drug-likeness (QED) is 0.554. The molecule has 1 amide bonds. The monoisotopic (exact) mass is 334 g/mol. The van der Waals surface area contributed by atoms with E-state index in [1.807, 2.05) is 42.5 Å². The second kappa shape index (κ2) is 7.49. The molecule has 3 aromatic carbocycles. The highest BCUT2D eigenvalue weighted by atomic mass is 16.5. The molecule has 0 atom stereocenters. The van der Waals surface area contributed by atoms with Gasteiger partial charge in [0.25, 0.3) is 5.91 Å². The number of para-hydroxylation sites is 1. The third-order valence-electron chi connectivity index (χ3n) is 3.73. The SMILES string of the molecule is CC(=NNC(=O)COc1ccc2ccccc2c1)c1ccccc1O. The lowest BCUT2D eigenvalue weighted by Gasteiger charge is -2.07. The first-order valence-corrected chi connectivity index (χ1v) is 7.86. The van der Waals surface area contributed by atoms with Gasteiger partial charge in [-0.25, -0.2) is 5.43 Å². The molecule has 0 aliphatic carbocycles.